The lowest BCUT2D eigenvalue weighted by Crippen LogP contribution is -2.54. The molecule has 176 valence electrons. The molecule has 2 atom stereocenters. The van der Waals surface area contributed by atoms with E-state index < -0.39 is 24.3 Å². The van der Waals surface area contributed by atoms with Gasteiger partial charge in [0.2, 0.25) is 0 Å². The van der Waals surface area contributed by atoms with E-state index in [2.05, 4.69) is 10.1 Å². The van der Waals surface area contributed by atoms with Gasteiger partial charge in [-0.15, -0.1) is 0 Å². The van der Waals surface area contributed by atoms with Gasteiger partial charge in [0.1, 0.15) is 18.2 Å². The fourth-order valence-electron chi connectivity index (χ4n) is 4.47. The number of aromatic nitrogens is 2. The minimum absolute atomic E-state index is 0.219. The van der Waals surface area contributed by atoms with E-state index in [0.717, 1.165) is 22.5 Å². The van der Waals surface area contributed by atoms with Crippen molar-refractivity contribution in [3.63, 3.8) is 0 Å². The van der Waals surface area contributed by atoms with Gasteiger partial charge in [-0.2, -0.15) is 0 Å². The van der Waals surface area contributed by atoms with Gasteiger partial charge in [-0.05, 0) is 55.0 Å². The predicted octanol–water partition coefficient (Wildman–Crippen LogP) is 2.97. The van der Waals surface area contributed by atoms with Crippen LogP contribution in [0, 0.1) is 12.7 Å². The van der Waals surface area contributed by atoms with Crippen molar-refractivity contribution in [2.24, 2.45) is 5.16 Å². The number of rotatable bonds is 5. The molecule has 1 fully saturated rings. The van der Waals surface area contributed by atoms with Crippen LogP contribution < -0.4 is 4.74 Å². The number of methoxy groups -OCH3 is 1. The van der Waals surface area contributed by atoms with Crippen LogP contribution >= 0.6 is 0 Å². The van der Waals surface area contributed by atoms with E-state index >= 15 is 0 Å². The summed E-state index contributed by atoms with van der Waals surface area (Å²) in [6.45, 7) is 1.72. The Morgan fingerprint density at radius 1 is 1.26 bits per heavy atom. The fourth-order valence-corrected chi connectivity index (χ4v) is 4.47. The number of halogens is 1. The first kappa shape index (κ1) is 22.1. The maximum Gasteiger partial charge on any atom is 0.260 e. The molecular formula is C25H25FN4O4. The molecule has 0 bridgehead atoms. The fraction of sp³-hybridized carbons (Fsp3) is 0.280. The van der Waals surface area contributed by atoms with Crippen molar-refractivity contribution in [3.05, 3.63) is 83.2 Å². The van der Waals surface area contributed by atoms with Crippen molar-refractivity contribution in [2.75, 3.05) is 20.3 Å². The number of ether oxygens (including phenoxy) is 1. The second-order valence-corrected chi connectivity index (χ2v) is 8.45. The van der Waals surface area contributed by atoms with E-state index in [0.29, 0.717) is 23.6 Å². The summed E-state index contributed by atoms with van der Waals surface area (Å²) < 4.78 is 21.0. The lowest BCUT2D eigenvalue weighted by Gasteiger charge is -2.40. The molecule has 1 aromatic heterocycles. The summed E-state index contributed by atoms with van der Waals surface area (Å²) in [5.41, 5.74) is 2.58. The Kier molecular flexibility index (Phi) is 5.59. The van der Waals surface area contributed by atoms with E-state index in [1.54, 1.807) is 30.5 Å². The maximum atomic E-state index is 13.5. The summed E-state index contributed by atoms with van der Waals surface area (Å²) in [6.07, 6.45) is 5.23. The summed E-state index contributed by atoms with van der Waals surface area (Å²) in [5, 5.41) is 25.2. The average Bonchev–Trinajstić information content (AvgIpc) is 3.43. The van der Waals surface area contributed by atoms with Crippen molar-refractivity contribution >= 4 is 11.9 Å². The molecule has 0 spiro atoms. The highest BCUT2D eigenvalue weighted by Crippen LogP contribution is 2.40. The van der Waals surface area contributed by atoms with Crippen LogP contribution in [0.4, 0.5) is 4.39 Å². The van der Waals surface area contributed by atoms with Crippen LogP contribution in [-0.2, 0) is 10.6 Å². The molecule has 0 aliphatic carbocycles. The summed E-state index contributed by atoms with van der Waals surface area (Å²) in [5.74, 6) is 0.802. The van der Waals surface area contributed by atoms with Gasteiger partial charge in [-0.3, -0.25) is 0 Å². The SMILES string of the molecule is COc1cc(/C=C2\C[C@@H](O)CN3C2=NO[C@@]3(CO)c2ccc(F)cc2)ccc1-n1cnc(C)c1. The minimum atomic E-state index is -1.33. The van der Waals surface area contributed by atoms with E-state index in [1.807, 2.05) is 42.0 Å². The van der Waals surface area contributed by atoms with Crippen molar-refractivity contribution in [1.82, 2.24) is 14.5 Å². The molecule has 3 aromatic rings. The Morgan fingerprint density at radius 3 is 2.74 bits per heavy atom. The zero-order chi connectivity index (χ0) is 23.9. The number of oxime groups is 1. The Morgan fingerprint density at radius 2 is 2.06 bits per heavy atom. The molecule has 0 amide bonds. The highest BCUT2D eigenvalue weighted by Gasteiger charge is 2.50. The lowest BCUT2D eigenvalue weighted by molar-refractivity contribution is -0.144. The standard InChI is InChI=1S/C25H25FN4O4/c1-16-12-29(15-27-16)22-8-3-17(10-23(22)33-2)9-18-11-21(32)13-30-24(18)28-34-25(30,14-31)19-4-6-20(26)7-5-19/h3-10,12,15,21,31-32H,11,13-14H2,1-2H3/b18-9+/t21-,25+/m1/s1. The zero-order valence-corrected chi connectivity index (χ0v) is 18.8. The monoisotopic (exact) mass is 464 g/mol. The maximum absolute atomic E-state index is 13.5. The lowest BCUT2D eigenvalue weighted by atomic mass is 9.93. The highest BCUT2D eigenvalue weighted by molar-refractivity contribution is 6.03. The number of benzene rings is 2. The van der Waals surface area contributed by atoms with Gasteiger partial charge in [0.05, 0.1) is 37.5 Å². The van der Waals surface area contributed by atoms with Crippen LogP contribution in [0.25, 0.3) is 11.8 Å². The summed E-state index contributed by atoms with van der Waals surface area (Å²) in [4.78, 5) is 11.8. The molecular weight excluding hydrogens is 439 g/mol. The first-order valence-corrected chi connectivity index (χ1v) is 10.9. The van der Waals surface area contributed by atoms with E-state index in [4.69, 9.17) is 9.57 Å². The molecule has 2 N–H and O–H groups in total. The van der Waals surface area contributed by atoms with Crippen molar-refractivity contribution < 1.29 is 24.2 Å². The molecule has 5 rings (SSSR count). The number of hydrogen-bond acceptors (Lipinski definition) is 7. The van der Waals surface area contributed by atoms with Gasteiger partial charge in [0, 0.05) is 23.8 Å². The molecule has 3 heterocycles. The number of hydrogen-bond donors (Lipinski definition) is 2. The normalized spacial score (nSPS) is 23.0. The van der Waals surface area contributed by atoms with Crippen molar-refractivity contribution in [3.8, 4) is 11.4 Å². The quantitative estimate of drug-likeness (QED) is 0.603. The van der Waals surface area contributed by atoms with Crippen LogP contribution in [0.2, 0.25) is 0 Å². The molecule has 8 nitrogen and oxygen atoms in total. The summed E-state index contributed by atoms with van der Waals surface area (Å²) >= 11 is 0. The number of piperidine rings is 1. The van der Waals surface area contributed by atoms with Crippen LogP contribution in [0.3, 0.4) is 0 Å². The third-order valence-corrected chi connectivity index (χ3v) is 6.16. The van der Waals surface area contributed by atoms with Gasteiger partial charge in [0.25, 0.3) is 5.72 Å². The van der Waals surface area contributed by atoms with Crippen LogP contribution in [0.5, 0.6) is 5.75 Å². The molecule has 0 unspecified atom stereocenters. The van der Waals surface area contributed by atoms with E-state index in [-0.39, 0.29) is 6.54 Å². The number of aliphatic hydroxyl groups excluding tert-OH is 2. The molecule has 34 heavy (non-hydrogen) atoms. The smallest absolute Gasteiger partial charge is 0.260 e. The first-order valence-electron chi connectivity index (χ1n) is 10.9. The molecule has 2 aliphatic heterocycles. The third-order valence-electron chi connectivity index (χ3n) is 6.16. The van der Waals surface area contributed by atoms with Crippen molar-refractivity contribution in [2.45, 2.75) is 25.2 Å². The predicted molar refractivity (Wildman–Crippen MR) is 124 cm³/mol. The molecule has 1 saturated heterocycles. The van der Waals surface area contributed by atoms with Gasteiger partial charge >= 0.3 is 0 Å². The zero-order valence-electron chi connectivity index (χ0n) is 18.8. The van der Waals surface area contributed by atoms with Crippen LogP contribution in [0.1, 0.15) is 23.2 Å². The van der Waals surface area contributed by atoms with E-state index in [9.17, 15) is 14.6 Å². The largest absolute Gasteiger partial charge is 0.495 e. The van der Waals surface area contributed by atoms with E-state index in [1.165, 1.54) is 12.1 Å². The second kappa shape index (κ2) is 8.58. The number of aryl methyl sites for hydroxylation is 1. The number of fused-ring (bicyclic) bond motifs is 1. The molecule has 0 radical (unpaired) electrons. The number of imidazole rings is 1. The minimum Gasteiger partial charge on any atom is -0.495 e. The summed E-state index contributed by atoms with van der Waals surface area (Å²) in [7, 11) is 1.61. The van der Waals surface area contributed by atoms with Crippen molar-refractivity contribution in [1.29, 1.82) is 0 Å². The van der Waals surface area contributed by atoms with Gasteiger partial charge in [0.15, 0.2) is 5.84 Å². The van der Waals surface area contributed by atoms with Gasteiger partial charge in [-0.1, -0.05) is 11.2 Å². The highest BCUT2D eigenvalue weighted by atomic mass is 19.1. The third kappa shape index (κ3) is 3.72. The number of amidine groups is 1. The molecule has 9 heteroatoms. The molecule has 2 aromatic carbocycles. The number of nitrogens with zero attached hydrogens (tertiary/aromatic N) is 4. The Hall–Kier alpha value is -3.69. The second-order valence-electron chi connectivity index (χ2n) is 8.45. The summed E-state index contributed by atoms with van der Waals surface area (Å²) in [6, 6.07) is 11.5. The topological polar surface area (TPSA) is 92.3 Å². The van der Waals surface area contributed by atoms with Gasteiger partial charge < -0.3 is 29.3 Å². The molecule has 0 saturated carbocycles. The Bertz CT molecular complexity index is 1270. The Labute approximate surface area is 196 Å². The van der Waals surface area contributed by atoms with Crippen LogP contribution in [0.15, 0.2) is 65.7 Å². The van der Waals surface area contributed by atoms with Crippen LogP contribution in [-0.4, -0.2) is 56.9 Å². The average molecular weight is 464 g/mol. The first-order chi connectivity index (χ1) is 16.4. The van der Waals surface area contributed by atoms with Gasteiger partial charge in [-0.25, -0.2) is 9.37 Å². The number of aliphatic hydroxyl groups is 2. The molecule has 2 aliphatic rings. The Balaban J connectivity index is 1.50.